The van der Waals surface area contributed by atoms with Gasteiger partial charge in [-0.05, 0) is 38.1 Å². The molecule has 2 heterocycles. The average molecular weight is 246 g/mol. The lowest BCUT2D eigenvalue weighted by Crippen LogP contribution is -1.94. The van der Waals surface area contributed by atoms with Crippen LogP contribution in [-0.4, -0.2) is 15.6 Å². The van der Waals surface area contributed by atoms with E-state index < -0.39 is 0 Å². The standard InChI is InChI=1S/C13H14N2OS/c1-3-15-9-11(8-14-15)13(16)7-6-12-5-4-10(2)17-12/h4-9H,3H2,1-2H3/b7-6+. The van der Waals surface area contributed by atoms with E-state index in [1.165, 1.54) is 4.88 Å². The normalized spacial score (nSPS) is 11.2. The minimum Gasteiger partial charge on any atom is -0.289 e. The van der Waals surface area contributed by atoms with Gasteiger partial charge in [0, 0.05) is 22.5 Å². The predicted molar refractivity (Wildman–Crippen MR) is 70.3 cm³/mol. The summed E-state index contributed by atoms with van der Waals surface area (Å²) in [7, 11) is 0. The van der Waals surface area contributed by atoms with Crippen LogP contribution in [-0.2, 0) is 6.54 Å². The predicted octanol–water partition coefficient (Wildman–Crippen LogP) is 3.17. The van der Waals surface area contributed by atoms with E-state index in [4.69, 9.17) is 0 Å². The number of hydrogen-bond donors (Lipinski definition) is 0. The maximum atomic E-state index is 11.8. The van der Waals surface area contributed by atoms with Gasteiger partial charge in [0.15, 0.2) is 5.78 Å². The molecule has 0 saturated carbocycles. The Morgan fingerprint density at radius 2 is 2.35 bits per heavy atom. The first-order valence-corrected chi connectivity index (χ1v) is 6.32. The summed E-state index contributed by atoms with van der Waals surface area (Å²) in [4.78, 5) is 14.2. The fourth-order valence-corrected chi connectivity index (χ4v) is 2.24. The van der Waals surface area contributed by atoms with E-state index in [-0.39, 0.29) is 5.78 Å². The van der Waals surface area contributed by atoms with Crippen LogP contribution in [0.5, 0.6) is 0 Å². The van der Waals surface area contributed by atoms with Crippen LogP contribution < -0.4 is 0 Å². The third kappa shape index (κ3) is 2.91. The van der Waals surface area contributed by atoms with E-state index in [0.29, 0.717) is 5.56 Å². The molecule has 0 aliphatic heterocycles. The van der Waals surface area contributed by atoms with Gasteiger partial charge in [-0.25, -0.2) is 0 Å². The van der Waals surface area contributed by atoms with Crippen molar-refractivity contribution in [3.8, 4) is 0 Å². The number of carbonyl (C=O) groups is 1. The van der Waals surface area contributed by atoms with Crippen molar-refractivity contribution in [2.24, 2.45) is 0 Å². The molecule has 0 saturated heterocycles. The van der Waals surface area contributed by atoms with Gasteiger partial charge in [0.05, 0.1) is 11.8 Å². The number of aryl methyl sites for hydroxylation is 2. The van der Waals surface area contributed by atoms with E-state index in [1.807, 2.05) is 25.1 Å². The molecule has 0 unspecified atom stereocenters. The lowest BCUT2D eigenvalue weighted by molar-refractivity contribution is 0.104. The molecule has 0 atom stereocenters. The van der Waals surface area contributed by atoms with Gasteiger partial charge in [-0.3, -0.25) is 9.48 Å². The van der Waals surface area contributed by atoms with Crippen LogP contribution in [0.1, 0.15) is 27.0 Å². The molecule has 0 fully saturated rings. The highest BCUT2D eigenvalue weighted by atomic mass is 32.1. The summed E-state index contributed by atoms with van der Waals surface area (Å²) in [5.74, 6) is -0.00393. The van der Waals surface area contributed by atoms with Gasteiger partial charge in [0.25, 0.3) is 0 Å². The van der Waals surface area contributed by atoms with Crippen LogP contribution in [0.4, 0.5) is 0 Å². The molecular weight excluding hydrogens is 232 g/mol. The molecule has 0 N–H and O–H groups in total. The SMILES string of the molecule is CCn1cc(C(=O)/C=C/c2ccc(C)s2)cn1. The van der Waals surface area contributed by atoms with E-state index >= 15 is 0 Å². The Labute approximate surface area is 104 Å². The molecule has 0 aromatic carbocycles. The number of aromatic nitrogens is 2. The fraction of sp³-hybridized carbons (Fsp3) is 0.231. The van der Waals surface area contributed by atoms with E-state index in [2.05, 4.69) is 12.0 Å². The number of nitrogens with zero attached hydrogens (tertiary/aromatic N) is 2. The molecule has 2 aromatic heterocycles. The molecule has 0 aliphatic carbocycles. The molecule has 2 rings (SSSR count). The number of carbonyl (C=O) groups excluding carboxylic acids is 1. The Morgan fingerprint density at radius 1 is 1.53 bits per heavy atom. The van der Waals surface area contributed by atoms with Crippen LogP contribution in [0.2, 0.25) is 0 Å². The van der Waals surface area contributed by atoms with E-state index in [0.717, 1.165) is 11.4 Å². The summed E-state index contributed by atoms with van der Waals surface area (Å²) in [6.45, 7) is 4.82. The van der Waals surface area contributed by atoms with Gasteiger partial charge in [-0.15, -0.1) is 11.3 Å². The number of rotatable bonds is 4. The topological polar surface area (TPSA) is 34.9 Å². The van der Waals surface area contributed by atoms with Crippen LogP contribution in [0.25, 0.3) is 6.08 Å². The molecule has 4 heteroatoms. The van der Waals surface area contributed by atoms with Gasteiger partial charge in [-0.1, -0.05) is 0 Å². The first-order valence-electron chi connectivity index (χ1n) is 5.50. The van der Waals surface area contributed by atoms with Crippen molar-refractivity contribution >= 4 is 23.2 Å². The Morgan fingerprint density at radius 3 is 2.94 bits per heavy atom. The Kier molecular flexibility index (Phi) is 3.54. The lowest BCUT2D eigenvalue weighted by Gasteiger charge is -1.90. The number of thiophene rings is 1. The third-order valence-corrected chi connectivity index (χ3v) is 3.37. The average Bonchev–Trinajstić information content (AvgIpc) is 2.94. The van der Waals surface area contributed by atoms with E-state index in [1.54, 1.807) is 34.5 Å². The van der Waals surface area contributed by atoms with Crippen LogP contribution in [0, 0.1) is 6.92 Å². The first kappa shape index (κ1) is 11.8. The van der Waals surface area contributed by atoms with Crippen LogP contribution in [0.3, 0.4) is 0 Å². The molecule has 2 aromatic rings. The largest absolute Gasteiger partial charge is 0.289 e. The van der Waals surface area contributed by atoms with Gasteiger partial charge >= 0.3 is 0 Å². The highest BCUT2D eigenvalue weighted by Gasteiger charge is 2.04. The zero-order valence-corrected chi connectivity index (χ0v) is 10.7. The van der Waals surface area contributed by atoms with Gasteiger partial charge in [0.2, 0.25) is 0 Å². The second kappa shape index (κ2) is 5.10. The summed E-state index contributed by atoms with van der Waals surface area (Å²) < 4.78 is 1.75. The summed E-state index contributed by atoms with van der Waals surface area (Å²) in [6, 6.07) is 4.06. The minimum atomic E-state index is -0.00393. The summed E-state index contributed by atoms with van der Waals surface area (Å²) in [5, 5.41) is 4.08. The van der Waals surface area contributed by atoms with Gasteiger partial charge < -0.3 is 0 Å². The minimum absolute atomic E-state index is 0.00393. The smallest absolute Gasteiger partial charge is 0.189 e. The van der Waals surface area contributed by atoms with E-state index in [9.17, 15) is 4.79 Å². The molecular formula is C13H14N2OS. The molecule has 3 nitrogen and oxygen atoms in total. The second-order valence-corrected chi connectivity index (χ2v) is 5.05. The Balaban J connectivity index is 2.08. The fourth-order valence-electron chi connectivity index (χ4n) is 1.46. The van der Waals surface area contributed by atoms with Crippen molar-refractivity contribution in [1.82, 2.24) is 9.78 Å². The second-order valence-electron chi connectivity index (χ2n) is 3.73. The maximum Gasteiger partial charge on any atom is 0.189 e. The molecule has 0 spiro atoms. The number of ketones is 1. The molecule has 0 amide bonds. The Bertz CT molecular complexity index is 551. The molecule has 0 aliphatic rings. The van der Waals surface area contributed by atoms with Crippen molar-refractivity contribution in [3.05, 3.63) is 45.9 Å². The highest BCUT2D eigenvalue weighted by molar-refractivity contribution is 7.12. The van der Waals surface area contributed by atoms with Crippen LogP contribution >= 0.6 is 11.3 Å². The van der Waals surface area contributed by atoms with Crippen molar-refractivity contribution < 1.29 is 4.79 Å². The molecule has 17 heavy (non-hydrogen) atoms. The highest BCUT2D eigenvalue weighted by Crippen LogP contribution is 2.16. The van der Waals surface area contributed by atoms with Crippen molar-refractivity contribution in [3.63, 3.8) is 0 Å². The summed E-state index contributed by atoms with van der Waals surface area (Å²) >= 11 is 1.67. The number of allylic oxidation sites excluding steroid dienone is 1. The quantitative estimate of drug-likeness (QED) is 0.613. The third-order valence-electron chi connectivity index (χ3n) is 2.40. The lowest BCUT2D eigenvalue weighted by atomic mass is 10.2. The number of hydrogen-bond acceptors (Lipinski definition) is 3. The summed E-state index contributed by atoms with van der Waals surface area (Å²) in [6.07, 6.45) is 6.83. The first-order chi connectivity index (χ1) is 8.19. The van der Waals surface area contributed by atoms with Crippen molar-refractivity contribution in [1.29, 1.82) is 0 Å². The van der Waals surface area contributed by atoms with Crippen LogP contribution in [0.15, 0.2) is 30.6 Å². The maximum absolute atomic E-state index is 11.8. The Hall–Kier alpha value is -1.68. The van der Waals surface area contributed by atoms with Crippen molar-refractivity contribution in [2.45, 2.75) is 20.4 Å². The van der Waals surface area contributed by atoms with Gasteiger partial charge in [-0.2, -0.15) is 5.10 Å². The van der Waals surface area contributed by atoms with Gasteiger partial charge in [0.1, 0.15) is 0 Å². The summed E-state index contributed by atoms with van der Waals surface area (Å²) in [5.41, 5.74) is 0.636. The zero-order chi connectivity index (χ0) is 12.3. The molecule has 0 bridgehead atoms. The zero-order valence-electron chi connectivity index (χ0n) is 9.88. The molecule has 88 valence electrons. The monoisotopic (exact) mass is 246 g/mol. The van der Waals surface area contributed by atoms with Crippen molar-refractivity contribution in [2.75, 3.05) is 0 Å². The molecule has 0 radical (unpaired) electrons.